The minimum Gasteiger partial charge on any atom is -0.335 e. The summed E-state index contributed by atoms with van der Waals surface area (Å²) in [6.45, 7) is 4.66. The third-order valence-corrected chi connectivity index (χ3v) is 3.35. The van der Waals surface area contributed by atoms with Crippen molar-refractivity contribution in [2.75, 3.05) is 6.54 Å². The van der Waals surface area contributed by atoms with Crippen LogP contribution in [-0.2, 0) is 0 Å². The summed E-state index contributed by atoms with van der Waals surface area (Å²) in [6.07, 6.45) is 6.26. The van der Waals surface area contributed by atoms with Gasteiger partial charge in [-0.3, -0.25) is 4.79 Å². The van der Waals surface area contributed by atoms with Crippen molar-refractivity contribution in [3.63, 3.8) is 0 Å². The molecule has 1 amide bonds. The molecule has 0 radical (unpaired) electrons. The highest BCUT2D eigenvalue weighted by molar-refractivity contribution is 5.94. The van der Waals surface area contributed by atoms with Crippen molar-refractivity contribution in [1.29, 1.82) is 0 Å². The van der Waals surface area contributed by atoms with E-state index < -0.39 is 0 Å². The van der Waals surface area contributed by atoms with E-state index in [-0.39, 0.29) is 5.91 Å². The number of amides is 1. The Labute approximate surface area is 103 Å². The summed E-state index contributed by atoms with van der Waals surface area (Å²) in [5.74, 6) is 0.164. The number of rotatable bonds is 3. The van der Waals surface area contributed by atoms with Crippen molar-refractivity contribution < 1.29 is 4.79 Å². The Morgan fingerprint density at radius 1 is 1.35 bits per heavy atom. The van der Waals surface area contributed by atoms with E-state index >= 15 is 0 Å². The van der Waals surface area contributed by atoms with Crippen LogP contribution in [0, 0.1) is 0 Å². The van der Waals surface area contributed by atoms with Crippen LogP contribution >= 0.6 is 0 Å². The topological polar surface area (TPSA) is 20.3 Å². The van der Waals surface area contributed by atoms with Gasteiger partial charge in [0.15, 0.2) is 0 Å². The molecule has 90 valence electrons. The molecule has 0 aromatic heterocycles. The van der Waals surface area contributed by atoms with E-state index in [2.05, 4.69) is 6.58 Å². The zero-order valence-corrected chi connectivity index (χ0v) is 10.1. The lowest BCUT2D eigenvalue weighted by Crippen LogP contribution is -2.43. The largest absolute Gasteiger partial charge is 0.335 e. The molecule has 1 heterocycles. The smallest absolute Gasteiger partial charge is 0.254 e. The fourth-order valence-electron chi connectivity index (χ4n) is 2.45. The average molecular weight is 229 g/mol. The first kappa shape index (κ1) is 11.9. The highest BCUT2D eigenvalue weighted by Gasteiger charge is 2.26. The third-order valence-electron chi connectivity index (χ3n) is 3.35. The molecule has 1 saturated heterocycles. The van der Waals surface area contributed by atoms with E-state index in [0.717, 1.165) is 31.4 Å². The summed E-state index contributed by atoms with van der Waals surface area (Å²) in [6, 6.07) is 9.89. The molecule has 0 aliphatic carbocycles. The predicted octanol–water partition coefficient (Wildman–Crippen LogP) is 3.26. The first-order valence-corrected chi connectivity index (χ1v) is 6.30. The number of hydrogen-bond donors (Lipinski definition) is 0. The molecule has 1 atom stereocenters. The molecule has 1 aromatic rings. The van der Waals surface area contributed by atoms with E-state index in [1.807, 2.05) is 41.3 Å². The van der Waals surface area contributed by atoms with Crippen LogP contribution in [0.25, 0.3) is 0 Å². The Kier molecular flexibility index (Phi) is 3.97. The van der Waals surface area contributed by atoms with Crippen molar-refractivity contribution in [3.05, 3.63) is 48.6 Å². The maximum atomic E-state index is 12.4. The molecular weight excluding hydrogens is 210 g/mol. The molecule has 2 heteroatoms. The Hall–Kier alpha value is -1.57. The maximum Gasteiger partial charge on any atom is 0.254 e. The Morgan fingerprint density at radius 2 is 2.12 bits per heavy atom. The highest BCUT2D eigenvalue weighted by Crippen LogP contribution is 2.22. The van der Waals surface area contributed by atoms with Gasteiger partial charge in [0.1, 0.15) is 0 Å². The van der Waals surface area contributed by atoms with E-state index in [4.69, 9.17) is 0 Å². The fourth-order valence-corrected chi connectivity index (χ4v) is 2.45. The molecule has 17 heavy (non-hydrogen) atoms. The summed E-state index contributed by atoms with van der Waals surface area (Å²) in [7, 11) is 0. The van der Waals surface area contributed by atoms with Crippen LogP contribution in [0.4, 0.5) is 0 Å². The molecule has 0 N–H and O–H groups in total. The van der Waals surface area contributed by atoms with Crippen LogP contribution in [-0.4, -0.2) is 23.4 Å². The minimum atomic E-state index is 0.164. The first-order chi connectivity index (χ1) is 8.33. The standard InChI is InChI=1S/C15H19NO/c1-2-8-14-11-6-7-12-16(14)15(17)13-9-4-3-5-10-13/h2-5,9-10,14H,1,6-8,11-12H2. The van der Waals surface area contributed by atoms with Gasteiger partial charge in [0, 0.05) is 18.2 Å². The molecule has 1 aliphatic rings. The minimum absolute atomic E-state index is 0.164. The van der Waals surface area contributed by atoms with E-state index in [1.54, 1.807) is 0 Å². The zero-order valence-electron chi connectivity index (χ0n) is 10.1. The SMILES string of the molecule is C=CCC1CCCCN1C(=O)c1ccccc1. The molecule has 0 spiro atoms. The molecule has 1 aromatic carbocycles. The van der Waals surface area contributed by atoms with Crippen molar-refractivity contribution in [1.82, 2.24) is 4.90 Å². The van der Waals surface area contributed by atoms with Crippen LogP contribution in [0.3, 0.4) is 0 Å². The monoisotopic (exact) mass is 229 g/mol. The number of carbonyl (C=O) groups excluding carboxylic acids is 1. The van der Waals surface area contributed by atoms with Gasteiger partial charge >= 0.3 is 0 Å². The predicted molar refractivity (Wildman–Crippen MR) is 69.9 cm³/mol. The normalized spacial score (nSPS) is 20.0. The zero-order chi connectivity index (χ0) is 12.1. The Morgan fingerprint density at radius 3 is 2.82 bits per heavy atom. The number of likely N-dealkylation sites (tertiary alicyclic amines) is 1. The van der Waals surface area contributed by atoms with Crippen molar-refractivity contribution in [2.24, 2.45) is 0 Å². The van der Waals surface area contributed by atoms with E-state index in [0.29, 0.717) is 6.04 Å². The summed E-state index contributed by atoms with van der Waals surface area (Å²) in [5.41, 5.74) is 0.795. The molecule has 2 rings (SSSR count). The molecule has 0 bridgehead atoms. The van der Waals surface area contributed by atoms with E-state index in [9.17, 15) is 4.79 Å². The number of benzene rings is 1. The van der Waals surface area contributed by atoms with Crippen molar-refractivity contribution in [2.45, 2.75) is 31.7 Å². The van der Waals surface area contributed by atoms with Gasteiger partial charge in [-0.05, 0) is 37.8 Å². The van der Waals surface area contributed by atoms with Gasteiger partial charge in [-0.15, -0.1) is 6.58 Å². The highest BCUT2D eigenvalue weighted by atomic mass is 16.2. The number of hydrogen-bond acceptors (Lipinski definition) is 1. The van der Waals surface area contributed by atoms with Gasteiger partial charge in [0.05, 0.1) is 0 Å². The molecule has 2 nitrogen and oxygen atoms in total. The summed E-state index contributed by atoms with van der Waals surface area (Å²) in [4.78, 5) is 14.4. The first-order valence-electron chi connectivity index (χ1n) is 6.30. The Bertz CT molecular complexity index is 385. The summed E-state index contributed by atoms with van der Waals surface area (Å²) < 4.78 is 0. The molecule has 1 unspecified atom stereocenters. The van der Waals surface area contributed by atoms with Crippen LogP contribution in [0.2, 0.25) is 0 Å². The Balaban J connectivity index is 2.13. The second-order valence-electron chi connectivity index (χ2n) is 4.54. The number of carbonyl (C=O) groups is 1. The lowest BCUT2D eigenvalue weighted by Gasteiger charge is -2.35. The molecule has 1 fully saturated rings. The van der Waals surface area contributed by atoms with Crippen molar-refractivity contribution >= 4 is 5.91 Å². The number of nitrogens with zero attached hydrogens (tertiary/aromatic N) is 1. The maximum absolute atomic E-state index is 12.4. The van der Waals surface area contributed by atoms with Gasteiger partial charge in [0.2, 0.25) is 0 Å². The lowest BCUT2D eigenvalue weighted by atomic mass is 9.98. The van der Waals surface area contributed by atoms with Crippen LogP contribution in [0.5, 0.6) is 0 Å². The van der Waals surface area contributed by atoms with Gasteiger partial charge in [0.25, 0.3) is 5.91 Å². The second-order valence-corrected chi connectivity index (χ2v) is 4.54. The van der Waals surface area contributed by atoms with Gasteiger partial charge in [-0.2, -0.15) is 0 Å². The van der Waals surface area contributed by atoms with Crippen molar-refractivity contribution in [3.8, 4) is 0 Å². The summed E-state index contributed by atoms with van der Waals surface area (Å²) in [5, 5.41) is 0. The molecule has 1 aliphatic heterocycles. The fraction of sp³-hybridized carbons (Fsp3) is 0.400. The van der Waals surface area contributed by atoms with Gasteiger partial charge < -0.3 is 4.90 Å². The van der Waals surface area contributed by atoms with Gasteiger partial charge in [-0.1, -0.05) is 24.3 Å². The average Bonchev–Trinajstić information content (AvgIpc) is 2.40. The summed E-state index contributed by atoms with van der Waals surface area (Å²) >= 11 is 0. The lowest BCUT2D eigenvalue weighted by molar-refractivity contribution is 0.0617. The molecule has 0 saturated carbocycles. The third kappa shape index (κ3) is 2.76. The van der Waals surface area contributed by atoms with Crippen LogP contribution in [0.1, 0.15) is 36.0 Å². The number of piperidine rings is 1. The second kappa shape index (κ2) is 5.67. The van der Waals surface area contributed by atoms with Crippen LogP contribution in [0.15, 0.2) is 43.0 Å². The molecular formula is C15H19NO. The quantitative estimate of drug-likeness (QED) is 0.728. The van der Waals surface area contributed by atoms with E-state index in [1.165, 1.54) is 6.42 Å². The van der Waals surface area contributed by atoms with Gasteiger partial charge in [-0.25, -0.2) is 0 Å². The van der Waals surface area contributed by atoms with Crippen LogP contribution < -0.4 is 0 Å².